The fourth-order valence-corrected chi connectivity index (χ4v) is 2.24. The summed E-state index contributed by atoms with van der Waals surface area (Å²) in [7, 11) is 0. The van der Waals surface area contributed by atoms with Gasteiger partial charge in [-0.05, 0) is 18.6 Å². The SMILES string of the molecule is C#CCNC(=NCCOc1ccccc1-c1ccccc1)NCC.I. The van der Waals surface area contributed by atoms with Crippen molar-refractivity contribution in [1.82, 2.24) is 10.6 Å². The first-order valence-corrected chi connectivity index (χ1v) is 8.08. The summed E-state index contributed by atoms with van der Waals surface area (Å²) in [5.74, 6) is 4.10. The number of nitrogens with zero attached hydrogens (tertiary/aromatic N) is 1. The van der Waals surface area contributed by atoms with Gasteiger partial charge in [-0.3, -0.25) is 0 Å². The summed E-state index contributed by atoms with van der Waals surface area (Å²) < 4.78 is 5.92. The summed E-state index contributed by atoms with van der Waals surface area (Å²) >= 11 is 0. The quantitative estimate of drug-likeness (QED) is 0.224. The van der Waals surface area contributed by atoms with Gasteiger partial charge in [0.2, 0.25) is 0 Å². The molecule has 0 aliphatic carbocycles. The summed E-state index contributed by atoms with van der Waals surface area (Å²) in [5.41, 5.74) is 2.22. The molecule has 0 spiro atoms. The van der Waals surface area contributed by atoms with Crippen molar-refractivity contribution < 1.29 is 4.74 Å². The third-order valence-corrected chi connectivity index (χ3v) is 3.29. The highest BCUT2D eigenvalue weighted by Crippen LogP contribution is 2.29. The highest BCUT2D eigenvalue weighted by Gasteiger charge is 2.05. The van der Waals surface area contributed by atoms with Gasteiger partial charge in [0, 0.05) is 12.1 Å². The standard InChI is InChI=1S/C20H23N3O.HI/c1-3-14-22-20(21-4-2)23-15-16-24-19-13-9-8-12-18(19)17-10-6-5-7-11-17;/h1,5-13H,4,14-16H2,2H3,(H2,21,22,23);1H. The molecular weight excluding hydrogens is 425 g/mol. The van der Waals surface area contributed by atoms with Crippen LogP contribution in [0.3, 0.4) is 0 Å². The lowest BCUT2D eigenvalue weighted by Gasteiger charge is -2.12. The zero-order valence-corrected chi connectivity index (χ0v) is 16.7. The van der Waals surface area contributed by atoms with Crippen molar-refractivity contribution >= 4 is 29.9 Å². The highest BCUT2D eigenvalue weighted by molar-refractivity contribution is 14.0. The molecule has 0 saturated heterocycles. The van der Waals surface area contributed by atoms with Crippen molar-refractivity contribution in [2.45, 2.75) is 6.92 Å². The lowest BCUT2D eigenvalue weighted by molar-refractivity contribution is 0.330. The molecule has 0 heterocycles. The number of hydrogen-bond donors (Lipinski definition) is 2. The average molecular weight is 449 g/mol. The van der Waals surface area contributed by atoms with Gasteiger partial charge in [-0.2, -0.15) is 0 Å². The van der Waals surface area contributed by atoms with Crippen LogP contribution in [0.15, 0.2) is 59.6 Å². The van der Waals surface area contributed by atoms with Crippen molar-refractivity contribution in [3.63, 3.8) is 0 Å². The Morgan fingerprint density at radius 1 is 1.08 bits per heavy atom. The summed E-state index contributed by atoms with van der Waals surface area (Å²) in [5, 5.41) is 6.19. The second-order valence-electron chi connectivity index (χ2n) is 5.03. The molecule has 0 bridgehead atoms. The van der Waals surface area contributed by atoms with Gasteiger partial charge < -0.3 is 15.4 Å². The van der Waals surface area contributed by atoms with E-state index in [4.69, 9.17) is 11.2 Å². The fourth-order valence-electron chi connectivity index (χ4n) is 2.24. The van der Waals surface area contributed by atoms with E-state index in [1.165, 1.54) is 0 Å². The molecule has 2 N–H and O–H groups in total. The molecular formula is C20H24IN3O. The molecule has 0 fully saturated rings. The molecule has 2 aromatic carbocycles. The van der Waals surface area contributed by atoms with Gasteiger partial charge in [-0.15, -0.1) is 30.4 Å². The average Bonchev–Trinajstić information content (AvgIpc) is 2.64. The van der Waals surface area contributed by atoms with E-state index in [0.717, 1.165) is 23.4 Å². The molecule has 0 amide bonds. The smallest absolute Gasteiger partial charge is 0.192 e. The Morgan fingerprint density at radius 2 is 1.80 bits per heavy atom. The van der Waals surface area contributed by atoms with Crippen molar-refractivity contribution in [1.29, 1.82) is 0 Å². The first-order valence-electron chi connectivity index (χ1n) is 8.08. The maximum absolute atomic E-state index is 5.92. The van der Waals surface area contributed by atoms with Crippen LogP contribution in [-0.2, 0) is 0 Å². The van der Waals surface area contributed by atoms with Crippen molar-refractivity contribution in [2.75, 3.05) is 26.2 Å². The Morgan fingerprint density at radius 3 is 2.52 bits per heavy atom. The molecule has 0 saturated carbocycles. The van der Waals surface area contributed by atoms with E-state index in [1.54, 1.807) is 0 Å². The first kappa shape index (κ1) is 20.8. The summed E-state index contributed by atoms with van der Waals surface area (Å²) in [6, 6.07) is 18.2. The van der Waals surface area contributed by atoms with E-state index in [-0.39, 0.29) is 24.0 Å². The molecule has 0 radical (unpaired) electrons. The lowest BCUT2D eigenvalue weighted by atomic mass is 10.1. The van der Waals surface area contributed by atoms with E-state index >= 15 is 0 Å². The van der Waals surface area contributed by atoms with Crippen LogP contribution < -0.4 is 15.4 Å². The molecule has 0 aliphatic rings. The van der Waals surface area contributed by atoms with Crippen LogP contribution in [0.1, 0.15) is 6.92 Å². The van der Waals surface area contributed by atoms with E-state index in [1.807, 2.05) is 43.3 Å². The van der Waals surface area contributed by atoms with Crippen molar-refractivity contribution in [2.24, 2.45) is 4.99 Å². The van der Waals surface area contributed by atoms with Crippen LogP contribution in [0.2, 0.25) is 0 Å². The molecule has 0 unspecified atom stereocenters. The van der Waals surface area contributed by atoms with Crippen LogP contribution in [0, 0.1) is 12.3 Å². The molecule has 5 heteroatoms. The minimum Gasteiger partial charge on any atom is -0.491 e. The number of para-hydroxylation sites is 1. The minimum absolute atomic E-state index is 0. The Kier molecular flexibility index (Phi) is 10.2. The van der Waals surface area contributed by atoms with Crippen molar-refractivity contribution in [3.05, 3.63) is 54.6 Å². The number of rotatable bonds is 7. The minimum atomic E-state index is 0. The summed E-state index contributed by atoms with van der Waals surface area (Å²) in [6.45, 7) is 4.29. The van der Waals surface area contributed by atoms with E-state index in [0.29, 0.717) is 25.7 Å². The van der Waals surface area contributed by atoms with E-state index < -0.39 is 0 Å². The molecule has 0 aromatic heterocycles. The Bertz CT molecular complexity index is 696. The van der Waals surface area contributed by atoms with Gasteiger partial charge in [0.1, 0.15) is 12.4 Å². The third kappa shape index (κ3) is 7.06. The van der Waals surface area contributed by atoms with E-state index in [9.17, 15) is 0 Å². The van der Waals surface area contributed by atoms with Gasteiger partial charge in [0.15, 0.2) is 5.96 Å². The maximum atomic E-state index is 5.92. The zero-order valence-electron chi connectivity index (χ0n) is 14.4. The number of halogens is 1. The Balaban J connectivity index is 0.00000312. The van der Waals surface area contributed by atoms with E-state index in [2.05, 4.69) is 39.7 Å². The van der Waals surface area contributed by atoms with Gasteiger partial charge >= 0.3 is 0 Å². The highest BCUT2D eigenvalue weighted by atomic mass is 127. The normalized spacial score (nSPS) is 10.3. The lowest BCUT2D eigenvalue weighted by Crippen LogP contribution is -2.37. The van der Waals surface area contributed by atoms with Crippen LogP contribution in [0.5, 0.6) is 5.75 Å². The number of guanidine groups is 1. The second kappa shape index (κ2) is 12.2. The van der Waals surface area contributed by atoms with Gasteiger partial charge in [0.05, 0.1) is 13.1 Å². The molecule has 2 rings (SSSR count). The first-order chi connectivity index (χ1) is 11.8. The predicted octanol–water partition coefficient (Wildman–Crippen LogP) is 3.54. The molecule has 25 heavy (non-hydrogen) atoms. The van der Waals surface area contributed by atoms with Gasteiger partial charge in [-0.1, -0.05) is 54.5 Å². The Labute approximate surface area is 167 Å². The zero-order chi connectivity index (χ0) is 17.0. The monoisotopic (exact) mass is 449 g/mol. The van der Waals surface area contributed by atoms with Crippen LogP contribution in [-0.4, -0.2) is 32.2 Å². The van der Waals surface area contributed by atoms with Crippen LogP contribution in [0.25, 0.3) is 11.1 Å². The summed E-state index contributed by atoms with van der Waals surface area (Å²) in [6.07, 6.45) is 5.26. The van der Waals surface area contributed by atoms with Crippen LogP contribution in [0.4, 0.5) is 0 Å². The fraction of sp³-hybridized carbons (Fsp3) is 0.250. The topological polar surface area (TPSA) is 45.7 Å². The molecule has 0 aliphatic heterocycles. The Hall–Kier alpha value is -2.20. The number of nitrogens with one attached hydrogen (secondary N) is 2. The van der Waals surface area contributed by atoms with Crippen LogP contribution >= 0.6 is 24.0 Å². The number of benzene rings is 2. The number of hydrogen-bond acceptors (Lipinski definition) is 2. The summed E-state index contributed by atoms with van der Waals surface area (Å²) in [4.78, 5) is 4.44. The van der Waals surface area contributed by atoms with Crippen molar-refractivity contribution in [3.8, 4) is 29.2 Å². The number of terminal acetylenes is 1. The predicted molar refractivity (Wildman–Crippen MR) is 116 cm³/mol. The second-order valence-corrected chi connectivity index (χ2v) is 5.03. The molecule has 132 valence electrons. The molecule has 2 aromatic rings. The number of ether oxygens (including phenoxy) is 1. The molecule has 4 nitrogen and oxygen atoms in total. The molecule has 0 atom stereocenters. The van der Waals surface area contributed by atoms with Gasteiger partial charge in [-0.25, -0.2) is 4.99 Å². The largest absolute Gasteiger partial charge is 0.491 e. The van der Waals surface area contributed by atoms with Gasteiger partial charge in [0.25, 0.3) is 0 Å². The maximum Gasteiger partial charge on any atom is 0.192 e. The number of aliphatic imine (C=N–C) groups is 1. The third-order valence-electron chi connectivity index (χ3n) is 3.29.